The Hall–Kier alpha value is -3.22. The lowest BCUT2D eigenvalue weighted by atomic mass is 9.94. The minimum Gasteiger partial charge on any atom is -0.530 e. The Morgan fingerprint density at radius 2 is 1.37 bits per heavy atom. The van der Waals surface area contributed by atoms with Gasteiger partial charge in [0.05, 0.1) is 49.7 Å². The van der Waals surface area contributed by atoms with Crippen molar-refractivity contribution in [3.63, 3.8) is 0 Å². The summed E-state index contributed by atoms with van der Waals surface area (Å²) in [6.45, 7) is 4.87. The fourth-order valence-electron chi connectivity index (χ4n) is 5.40. The van der Waals surface area contributed by atoms with Crippen molar-refractivity contribution in [2.24, 2.45) is 0 Å². The Balaban J connectivity index is 1.77. The average Bonchev–Trinajstić information content (AvgIpc) is 3.32. The molecule has 11 nitrogen and oxygen atoms in total. The second-order valence-electron chi connectivity index (χ2n) is 11.5. The molecule has 2 aromatic carbocycles. The first-order valence-corrected chi connectivity index (χ1v) is 13.8. The van der Waals surface area contributed by atoms with E-state index >= 15 is 0 Å². The highest BCUT2D eigenvalue weighted by atomic mass is 16.5. The highest BCUT2D eigenvalue weighted by Crippen LogP contribution is 2.23. The van der Waals surface area contributed by atoms with Crippen LogP contribution in [0.25, 0.3) is 0 Å². The van der Waals surface area contributed by atoms with Crippen molar-refractivity contribution in [2.45, 2.75) is 75.6 Å². The summed E-state index contributed by atoms with van der Waals surface area (Å²) in [4.78, 5) is 26.5. The van der Waals surface area contributed by atoms with Crippen molar-refractivity contribution in [1.82, 2.24) is 15.1 Å². The van der Waals surface area contributed by atoms with Crippen molar-refractivity contribution in [3.8, 4) is 0 Å². The van der Waals surface area contributed by atoms with Crippen LogP contribution in [0.4, 0.5) is 9.59 Å². The van der Waals surface area contributed by atoms with Gasteiger partial charge in [0.1, 0.15) is 12.2 Å². The number of aliphatic hydroxyl groups excluding tert-OH is 3. The summed E-state index contributed by atoms with van der Waals surface area (Å²) in [7, 11) is 0. The molecule has 1 aliphatic rings. The van der Waals surface area contributed by atoms with Crippen molar-refractivity contribution in [2.75, 3.05) is 26.3 Å². The van der Waals surface area contributed by atoms with E-state index in [4.69, 9.17) is 4.74 Å². The van der Waals surface area contributed by atoms with E-state index in [0.717, 1.165) is 20.9 Å². The van der Waals surface area contributed by atoms with E-state index in [1.165, 1.54) is 0 Å². The van der Waals surface area contributed by atoms with E-state index in [1.807, 2.05) is 36.4 Å². The molecule has 3 rings (SSSR count). The van der Waals surface area contributed by atoms with Crippen LogP contribution in [0.2, 0.25) is 0 Å². The normalized spacial score (nSPS) is 20.1. The topological polar surface area (TPSA) is 169 Å². The second-order valence-corrected chi connectivity index (χ2v) is 11.5. The van der Waals surface area contributed by atoms with Crippen LogP contribution >= 0.6 is 0 Å². The number of hydrogen-bond donors (Lipinski definition) is 4. The maximum atomic E-state index is 12.3. The van der Waals surface area contributed by atoms with Gasteiger partial charge in [-0.3, -0.25) is 0 Å². The standard InChI is InChI=1S/C30H43N3O8/c1-30(2,3)33(29(39)40)23(15-21-12-8-5-9-13-21)26(35)17-31-16-25(34)22(14-20-10-6-4-7-11-20)32(28(37)38)24-18-41-19-27(24)36/h4-13,22-27,31,34-36H,14-19H2,1-3H3,(H,37,38)(H,39,40)/p-2/t22-,23-,24?,25+,26+,27+/m0/s1. The molecule has 0 spiro atoms. The molecule has 1 unspecified atom stereocenters. The molecule has 11 heteroatoms. The maximum absolute atomic E-state index is 12.3. The maximum Gasteiger partial charge on any atom is 0.137 e. The molecule has 0 aromatic heterocycles. The van der Waals surface area contributed by atoms with Crippen LogP contribution in [0, 0.1) is 0 Å². The van der Waals surface area contributed by atoms with Crippen LogP contribution in [0.5, 0.6) is 0 Å². The van der Waals surface area contributed by atoms with Gasteiger partial charge in [0, 0.05) is 18.6 Å². The zero-order valence-electron chi connectivity index (χ0n) is 23.8. The Morgan fingerprint density at radius 1 is 0.878 bits per heavy atom. The molecule has 1 fully saturated rings. The lowest BCUT2D eigenvalue weighted by Gasteiger charge is -2.46. The Kier molecular flexibility index (Phi) is 11.5. The molecule has 1 aliphatic heterocycles. The first-order chi connectivity index (χ1) is 19.4. The largest absolute Gasteiger partial charge is 0.530 e. The third-order valence-electron chi connectivity index (χ3n) is 7.37. The number of carbonyl (C=O) groups excluding carboxylic acids is 2. The smallest absolute Gasteiger partial charge is 0.137 e. The molecule has 226 valence electrons. The van der Waals surface area contributed by atoms with Crippen LogP contribution in [0.15, 0.2) is 60.7 Å². The number of carbonyl (C=O) groups is 2. The zero-order chi connectivity index (χ0) is 30.2. The Bertz CT molecular complexity index is 1100. The number of ether oxygens (including phenoxy) is 1. The van der Waals surface area contributed by atoms with E-state index in [2.05, 4.69) is 5.32 Å². The third-order valence-corrected chi connectivity index (χ3v) is 7.37. The molecule has 1 heterocycles. The summed E-state index contributed by atoms with van der Waals surface area (Å²) in [5.41, 5.74) is 0.740. The molecule has 1 saturated heterocycles. The number of carboxylic acid groups (broad SMARTS) is 2. The zero-order valence-corrected chi connectivity index (χ0v) is 23.8. The van der Waals surface area contributed by atoms with Gasteiger partial charge in [0.15, 0.2) is 0 Å². The number of amides is 2. The van der Waals surface area contributed by atoms with E-state index in [0.29, 0.717) is 0 Å². The van der Waals surface area contributed by atoms with Gasteiger partial charge in [-0.25, -0.2) is 0 Å². The van der Waals surface area contributed by atoms with Gasteiger partial charge < -0.3 is 55.0 Å². The minimum atomic E-state index is -1.54. The summed E-state index contributed by atoms with van der Waals surface area (Å²) in [5.74, 6) is 0. The van der Waals surface area contributed by atoms with Gasteiger partial charge in [-0.2, -0.15) is 0 Å². The molecule has 0 bridgehead atoms. The van der Waals surface area contributed by atoms with E-state index < -0.39 is 54.2 Å². The van der Waals surface area contributed by atoms with Gasteiger partial charge >= 0.3 is 0 Å². The Morgan fingerprint density at radius 3 is 1.78 bits per heavy atom. The summed E-state index contributed by atoms with van der Waals surface area (Å²) in [5, 5.41) is 60.2. The average molecular weight is 572 g/mol. The second kappa shape index (κ2) is 14.6. The molecule has 41 heavy (non-hydrogen) atoms. The van der Waals surface area contributed by atoms with E-state index in [-0.39, 0.29) is 39.1 Å². The number of nitrogens with one attached hydrogen (secondary N) is 1. The first kappa shape index (κ1) is 32.3. The molecule has 4 N–H and O–H groups in total. The lowest BCUT2D eigenvalue weighted by Crippen LogP contribution is -2.62. The third kappa shape index (κ3) is 8.88. The minimum absolute atomic E-state index is 0.0292. The number of rotatable bonds is 13. The highest BCUT2D eigenvalue weighted by Gasteiger charge is 2.39. The quantitative estimate of drug-likeness (QED) is 0.245. The molecule has 2 aromatic rings. The summed E-state index contributed by atoms with van der Waals surface area (Å²) >= 11 is 0. The SMILES string of the molecule is CC(C)(C)N(C(=O)[O-])[C@@H](Cc1ccccc1)[C@H](O)CNC[C@@H](O)[C@H](Cc1ccccc1)N(C(=O)[O-])C1COC[C@H]1O. The van der Waals surface area contributed by atoms with Crippen molar-refractivity contribution < 1.29 is 39.9 Å². The van der Waals surface area contributed by atoms with Gasteiger partial charge in [0.25, 0.3) is 0 Å². The van der Waals surface area contributed by atoms with Gasteiger partial charge in [-0.1, -0.05) is 60.7 Å². The van der Waals surface area contributed by atoms with Crippen LogP contribution in [0.1, 0.15) is 31.9 Å². The van der Waals surface area contributed by atoms with Crippen LogP contribution < -0.4 is 15.5 Å². The number of hydrogen-bond acceptors (Lipinski definition) is 9. The monoisotopic (exact) mass is 571 g/mol. The van der Waals surface area contributed by atoms with E-state index in [1.54, 1.807) is 45.0 Å². The fourth-order valence-corrected chi connectivity index (χ4v) is 5.40. The summed E-state index contributed by atoms with van der Waals surface area (Å²) in [6, 6.07) is 15.5. The summed E-state index contributed by atoms with van der Waals surface area (Å²) < 4.78 is 5.27. The van der Waals surface area contributed by atoms with Crippen LogP contribution in [-0.4, -0.2) is 106 Å². The van der Waals surface area contributed by atoms with Gasteiger partial charge in [-0.05, 0) is 44.7 Å². The van der Waals surface area contributed by atoms with Gasteiger partial charge in [0.2, 0.25) is 0 Å². The molecular weight excluding hydrogens is 530 g/mol. The molecule has 0 radical (unpaired) electrons. The van der Waals surface area contributed by atoms with E-state index in [9.17, 15) is 35.1 Å². The van der Waals surface area contributed by atoms with Gasteiger partial charge in [-0.15, -0.1) is 0 Å². The fraction of sp³-hybridized carbons (Fsp3) is 0.533. The number of aliphatic hydroxyl groups is 3. The highest BCUT2D eigenvalue weighted by molar-refractivity contribution is 5.64. The predicted octanol–water partition coefficient (Wildman–Crippen LogP) is -0.631. The Labute approximate surface area is 241 Å². The molecule has 2 amide bonds. The molecular formula is C30H41N3O8-2. The lowest BCUT2D eigenvalue weighted by molar-refractivity contribution is -0.275. The van der Waals surface area contributed by atoms with Crippen molar-refractivity contribution >= 4 is 12.2 Å². The van der Waals surface area contributed by atoms with Crippen LogP contribution in [-0.2, 0) is 17.6 Å². The number of nitrogens with zero attached hydrogens (tertiary/aromatic N) is 2. The first-order valence-electron chi connectivity index (χ1n) is 13.8. The number of benzene rings is 2. The predicted molar refractivity (Wildman–Crippen MR) is 148 cm³/mol. The molecule has 0 saturated carbocycles. The van der Waals surface area contributed by atoms with Crippen molar-refractivity contribution in [3.05, 3.63) is 71.8 Å². The van der Waals surface area contributed by atoms with Crippen molar-refractivity contribution in [1.29, 1.82) is 0 Å². The van der Waals surface area contributed by atoms with Crippen LogP contribution in [0.3, 0.4) is 0 Å². The molecule has 6 atom stereocenters. The summed E-state index contributed by atoms with van der Waals surface area (Å²) in [6.07, 6.45) is -6.11. The molecule has 0 aliphatic carbocycles.